The Hall–Kier alpha value is -1.90. The summed E-state index contributed by atoms with van der Waals surface area (Å²) in [5.74, 6) is 0.156. The summed E-state index contributed by atoms with van der Waals surface area (Å²) in [4.78, 5) is 11.9. The largest absolute Gasteiger partial charge is 0.294 e. The lowest BCUT2D eigenvalue weighted by Crippen LogP contribution is -2.11. The van der Waals surface area contributed by atoms with Gasteiger partial charge in [0.2, 0.25) is 0 Å². The van der Waals surface area contributed by atoms with E-state index in [1.807, 2.05) is 49.5 Å². The highest BCUT2D eigenvalue weighted by atomic mass is 16.1. The van der Waals surface area contributed by atoms with Crippen molar-refractivity contribution < 1.29 is 4.79 Å². The number of carbonyl (C=O) groups excluding carboxylic acids is 1. The molecule has 1 atom stereocenters. The summed E-state index contributed by atoms with van der Waals surface area (Å²) in [6.45, 7) is 1.99. The molecular weight excluding hydrogens is 200 g/mol. The molecule has 1 heterocycles. The number of benzene rings is 1. The van der Waals surface area contributed by atoms with E-state index in [0.29, 0.717) is 6.42 Å². The van der Waals surface area contributed by atoms with Crippen LogP contribution in [0.15, 0.2) is 48.8 Å². The number of Topliss-reactive ketones (excluding diaryl/α,β-unsaturated/α-hetero) is 1. The Morgan fingerprint density at radius 1 is 1.31 bits per heavy atom. The van der Waals surface area contributed by atoms with Gasteiger partial charge in [-0.1, -0.05) is 30.3 Å². The maximum absolute atomic E-state index is 11.9. The van der Waals surface area contributed by atoms with Gasteiger partial charge in [0.1, 0.15) is 0 Å². The van der Waals surface area contributed by atoms with Crippen LogP contribution < -0.4 is 0 Å². The third-order valence-corrected chi connectivity index (χ3v) is 2.55. The molecule has 3 nitrogen and oxygen atoms in total. The van der Waals surface area contributed by atoms with E-state index in [9.17, 15) is 4.79 Å². The number of nitrogens with zero attached hydrogens (tertiary/aromatic N) is 2. The summed E-state index contributed by atoms with van der Waals surface area (Å²) >= 11 is 0. The van der Waals surface area contributed by atoms with E-state index < -0.39 is 0 Å². The van der Waals surface area contributed by atoms with Gasteiger partial charge in [0.15, 0.2) is 5.78 Å². The zero-order valence-electron chi connectivity index (χ0n) is 9.21. The molecule has 1 aromatic heterocycles. The number of rotatable bonds is 4. The van der Waals surface area contributed by atoms with Crippen molar-refractivity contribution >= 4 is 5.78 Å². The number of carbonyl (C=O) groups is 1. The first-order chi connectivity index (χ1) is 7.77. The summed E-state index contributed by atoms with van der Waals surface area (Å²) in [5.41, 5.74) is 0.765. The van der Waals surface area contributed by atoms with Crippen LogP contribution in [0.3, 0.4) is 0 Å². The van der Waals surface area contributed by atoms with Crippen LogP contribution >= 0.6 is 0 Å². The first-order valence-corrected chi connectivity index (χ1v) is 5.35. The summed E-state index contributed by atoms with van der Waals surface area (Å²) < 4.78 is 1.81. The maximum atomic E-state index is 11.9. The van der Waals surface area contributed by atoms with E-state index in [1.165, 1.54) is 0 Å². The fourth-order valence-corrected chi connectivity index (χ4v) is 1.65. The van der Waals surface area contributed by atoms with Crippen molar-refractivity contribution in [3.05, 3.63) is 54.4 Å². The highest BCUT2D eigenvalue weighted by molar-refractivity contribution is 5.96. The number of ketones is 1. The molecule has 0 amide bonds. The van der Waals surface area contributed by atoms with E-state index >= 15 is 0 Å². The zero-order valence-corrected chi connectivity index (χ0v) is 9.21. The summed E-state index contributed by atoms with van der Waals surface area (Å²) in [7, 11) is 0. The average molecular weight is 214 g/mol. The normalized spacial score (nSPS) is 12.3. The topological polar surface area (TPSA) is 34.9 Å². The van der Waals surface area contributed by atoms with E-state index in [0.717, 1.165) is 5.56 Å². The van der Waals surface area contributed by atoms with Crippen LogP contribution in [0.5, 0.6) is 0 Å². The number of hydrogen-bond donors (Lipinski definition) is 0. The van der Waals surface area contributed by atoms with E-state index in [4.69, 9.17) is 0 Å². The van der Waals surface area contributed by atoms with Gasteiger partial charge in [-0.15, -0.1) is 0 Å². The Morgan fingerprint density at radius 3 is 2.69 bits per heavy atom. The Labute approximate surface area is 94.7 Å². The first-order valence-electron chi connectivity index (χ1n) is 5.35. The van der Waals surface area contributed by atoms with Crippen molar-refractivity contribution in [2.45, 2.75) is 19.4 Å². The Bertz CT molecular complexity index is 448. The molecular formula is C13H14N2O. The van der Waals surface area contributed by atoms with Crippen LogP contribution in [0.4, 0.5) is 0 Å². The smallest absolute Gasteiger partial charge is 0.164 e. The molecule has 1 aromatic carbocycles. The van der Waals surface area contributed by atoms with Crippen molar-refractivity contribution in [3.63, 3.8) is 0 Å². The molecule has 2 rings (SSSR count). The van der Waals surface area contributed by atoms with Crippen molar-refractivity contribution in [1.82, 2.24) is 9.78 Å². The van der Waals surface area contributed by atoms with Crippen LogP contribution in [-0.2, 0) is 0 Å². The van der Waals surface area contributed by atoms with Crippen molar-refractivity contribution in [1.29, 1.82) is 0 Å². The Kier molecular flexibility index (Phi) is 3.15. The minimum absolute atomic E-state index is 0.0997. The minimum atomic E-state index is 0.0997. The first kappa shape index (κ1) is 10.6. The second-order valence-electron chi connectivity index (χ2n) is 3.83. The maximum Gasteiger partial charge on any atom is 0.164 e. The van der Waals surface area contributed by atoms with Crippen LogP contribution in [0.25, 0.3) is 0 Å². The molecule has 0 N–H and O–H groups in total. The molecule has 3 heteroatoms. The third kappa shape index (κ3) is 2.37. The second kappa shape index (κ2) is 4.75. The number of hydrogen-bond acceptors (Lipinski definition) is 2. The van der Waals surface area contributed by atoms with Crippen LogP contribution in [0, 0.1) is 0 Å². The molecule has 0 spiro atoms. The molecule has 0 fully saturated rings. The van der Waals surface area contributed by atoms with Crippen molar-refractivity contribution in [3.8, 4) is 0 Å². The van der Waals surface area contributed by atoms with Gasteiger partial charge in [0.05, 0.1) is 6.04 Å². The molecule has 0 saturated carbocycles. The van der Waals surface area contributed by atoms with Crippen LogP contribution in [-0.4, -0.2) is 15.6 Å². The van der Waals surface area contributed by atoms with Crippen molar-refractivity contribution in [2.24, 2.45) is 0 Å². The van der Waals surface area contributed by atoms with Gasteiger partial charge in [-0.2, -0.15) is 5.10 Å². The molecule has 1 unspecified atom stereocenters. The lowest BCUT2D eigenvalue weighted by atomic mass is 10.1. The van der Waals surface area contributed by atoms with Gasteiger partial charge in [-0.05, 0) is 13.0 Å². The van der Waals surface area contributed by atoms with Gasteiger partial charge in [0.25, 0.3) is 0 Å². The molecule has 0 aliphatic rings. The molecule has 0 saturated heterocycles. The summed E-state index contributed by atoms with van der Waals surface area (Å²) in [6.07, 6.45) is 4.08. The second-order valence-corrected chi connectivity index (χ2v) is 3.83. The minimum Gasteiger partial charge on any atom is -0.294 e. The fourth-order valence-electron chi connectivity index (χ4n) is 1.65. The molecule has 2 aromatic rings. The third-order valence-electron chi connectivity index (χ3n) is 2.55. The summed E-state index contributed by atoms with van der Waals surface area (Å²) in [5, 5.41) is 4.13. The molecule has 0 bridgehead atoms. The van der Waals surface area contributed by atoms with E-state index in [2.05, 4.69) is 5.10 Å². The fraction of sp³-hybridized carbons (Fsp3) is 0.231. The highest BCUT2D eigenvalue weighted by Gasteiger charge is 2.12. The quantitative estimate of drug-likeness (QED) is 0.733. The predicted molar refractivity (Wildman–Crippen MR) is 62.3 cm³/mol. The van der Waals surface area contributed by atoms with Gasteiger partial charge in [0, 0.05) is 24.4 Å². The molecule has 0 aliphatic carbocycles. The van der Waals surface area contributed by atoms with Gasteiger partial charge < -0.3 is 0 Å². The van der Waals surface area contributed by atoms with Gasteiger partial charge in [-0.3, -0.25) is 9.48 Å². The SMILES string of the molecule is CC(CC(=O)c1ccccc1)n1cccn1. The zero-order chi connectivity index (χ0) is 11.4. The van der Waals surface area contributed by atoms with Crippen LogP contribution in [0.1, 0.15) is 29.7 Å². The molecule has 0 radical (unpaired) electrons. The standard InChI is InChI=1S/C13H14N2O/c1-11(15-9-5-8-14-15)10-13(16)12-6-3-2-4-7-12/h2-9,11H,10H2,1H3. The lowest BCUT2D eigenvalue weighted by molar-refractivity contribution is 0.0964. The van der Waals surface area contributed by atoms with E-state index in [-0.39, 0.29) is 11.8 Å². The van der Waals surface area contributed by atoms with Gasteiger partial charge in [-0.25, -0.2) is 0 Å². The monoisotopic (exact) mass is 214 g/mol. The lowest BCUT2D eigenvalue weighted by Gasteiger charge is -2.10. The van der Waals surface area contributed by atoms with Crippen LogP contribution in [0.2, 0.25) is 0 Å². The summed E-state index contributed by atoms with van der Waals surface area (Å²) in [6, 6.07) is 11.3. The van der Waals surface area contributed by atoms with Crippen molar-refractivity contribution in [2.75, 3.05) is 0 Å². The van der Waals surface area contributed by atoms with E-state index in [1.54, 1.807) is 10.9 Å². The Balaban J connectivity index is 2.03. The number of aromatic nitrogens is 2. The Morgan fingerprint density at radius 2 is 2.06 bits per heavy atom. The molecule has 0 aliphatic heterocycles. The molecule has 82 valence electrons. The molecule has 16 heavy (non-hydrogen) atoms. The van der Waals surface area contributed by atoms with Gasteiger partial charge >= 0.3 is 0 Å². The highest BCUT2D eigenvalue weighted by Crippen LogP contribution is 2.13. The average Bonchev–Trinajstić information content (AvgIpc) is 2.83. The predicted octanol–water partition coefficient (Wildman–Crippen LogP) is 2.72.